The molecule has 0 saturated heterocycles. The first-order valence-corrected chi connectivity index (χ1v) is 9.98. The van der Waals surface area contributed by atoms with E-state index in [9.17, 15) is 4.39 Å². The fourth-order valence-electron chi connectivity index (χ4n) is 2.94. The Morgan fingerprint density at radius 3 is 2.68 bits per heavy atom. The number of anilines is 1. The first-order valence-electron chi connectivity index (χ1n) is 8.52. The molecule has 0 radical (unpaired) electrons. The van der Waals surface area contributed by atoms with Crippen LogP contribution in [0.4, 0.5) is 10.1 Å². The van der Waals surface area contributed by atoms with E-state index in [0.717, 1.165) is 31.3 Å². The molecule has 6 heteroatoms. The van der Waals surface area contributed by atoms with Gasteiger partial charge in [-0.25, -0.2) is 9.37 Å². The number of halogens is 3. The molecule has 1 heterocycles. The topological polar surface area (TPSA) is 48.1 Å². The third-order valence-corrected chi connectivity index (χ3v) is 5.28. The van der Waals surface area contributed by atoms with Crippen LogP contribution in [0.15, 0.2) is 66.7 Å². The zero-order chi connectivity index (χ0) is 19.7. The molecule has 140 valence electrons. The first kappa shape index (κ1) is 19.0. The molecule has 3 aromatic carbocycles. The maximum atomic E-state index is 13.3. The van der Waals surface area contributed by atoms with Gasteiger partial charge in [0.25, 0.3) is 0 Å². The van der Waals surface area contributed by atoms with Crippen LogP contribution in [0, 0.1) is 9.39 Å². The van der Waals surface area contributed by atoms with Crippen LogP contribution in [0.5, 0.6) is 5.75 Å². The summed E-state index contributed by atoms with van der Waals surface area (Å²) in [7, 11) is 0. The fraction of sp³-hybridized carbons (Fsp3) is 0.0455. The summed E-state index contributed by atoms with van der Waals surface area (Å²) in [5.74, 6) is 0.232. The normalized spacial score (nSPS) is 11.0. The predicted molar refractivity (Wildman–Crippen MR) is 120 cm³/mol. The Balaban J connectivity index is 1.60. The lowest BCUT2D eigenvalue weighted by Crippen LogP contribution is -1.97. The molecule has 0 saturated carbocycles. The second-order valence-electron chi connectivity index (χ2n) is 6.32. The summed E-state index contributed by atoms with van der Waals surface area (Å²) >= 11 is 8.65. The second kappa shape index (κ2) is 7.93. The van der Waals surface area contributed by atoms with E-state index < -0.39 is 0 Å². The van der Waals surface area contributed by atoms with Gasteiger partial charge in [-0.15, -0.1) is 0 Å². The summed E-state index contributed by atoms with van der Waals surface area (Å²) in [6.07, 6.45) is 0. The molecule has 0 unspecified atom stereocenters. The van der Waals surface area contributed by atoms with Gasteiger partial charge in [0.2, 0.25) is 0 Å². The van der Waals surface area contributed by atoms with Gasteiger partial charge < -0.3 is 10.5 Å². The van der Waals surface area contributed by atoms with Crippen molar-refractivity contribution < 1.29 is 9.13 Å². The summed E-state index contributed by atoms with van der Waals surface area (Å²) < 4.78 is 20.1. The van der Waals surface area contributed by atoms with Crippen molar-refractivity contribution in [2.45, 2.75) is 6.61 Å². The van der Waals surface area contributed by atoms with Crippen LogP contribution >= 0.6 is 34.2 Å². The van der Waals surface area contributed by atoms with Gasteiger partial charge in [-0.05, 0) is 82.8 Å². The first-order chi connectivity index (χ1) is 13.5. The highest BCUT2D eigenvalue weighted by Gasteiger charge is 2.10. The number of nitrogens with two attached hydrogens (primary N) is 1. The minimum Gasteiger partial charge on any atom is -0.487 e. The highest BCUT2D eigenvalue weighted by Crippen LogP contribution is 2.33. The van der Waals surface area contributed by atoms with Crippen molar-refractivity contribution in [3.63, 3.8) is 0 Å². The van der Waals surface area contributed by atoms with Crippen LogP contribution in [0.2, 0.25) is 5.02 Å². The van der Waals surface area contributed by atoms with Crippen molar-refractivity contribution in [2.24, 2.45) is 0 Å². The maximum absolute atomic E-state index is 13.3. The Morgan fingerprint density at radius 2 is 1.89 bits per heavy atom. The van der Waals surface area contributed by atoms with Crippen LogP contribution in [0.25, 0.3) is 22.2 Å². The van der Waals surface area contributed by atoms with Gasteiger partial charge in [0.1, 0.15) is 18.2 Å². The summed E-state index contributed by atoms with van der Waals surface area (Å²) in [5, 5.41) is 1.38. The van der Waals surface area contributed by atoms with Gasteiger partial charge in [0, 0.05) is 20.2 Å². The van der Waals surface area contributed by atoms with E-state index >= 15 is 0 Å². The van der Waals surface area contributed by atoms with E-state index in [-0.39, 0.29) is 12.4 Å². The van der Waals surface area contributed by atoms with Crippen LogP contribution in [0.1, 0.15) is 5.56 Å². The number of nitrogen functional groups attached to an aromatic ring is 1. The van der Waals surface area contributed by atoms with Crippen molar-refractivity contribution in [1.29, 1.82) is 0 Å². The maximum Gasteiger partial charge on any atom is 0.138 e. The Morgan fingerprint density at radius 1 is 1.04 bits per heavy atom. The SMILES string of the molecule is Nc1cc(-c2ccc(OCc3cccc(F)c3)c(Cl)c2)nc2ccc(I)cc12. The second-order valence-corrected chi connectivity index (χ2v) is 7.97. The number of hydrogen-bond donors (Lipinski definition) is 1. The molecule has 0 bridgehead atoms. The number of rotatable bonds is 4. The lowest BCUT2D eigenvalue weighted by molar-refractivity contribution is 0.306. The molecule has 2 N–H and O–H groups in total. The average molecular weight is 505 g/mol. The van der Waals surface area contributed by atoms with E-state index in [0.29, 0.717) is 16.5 Å². The van der Waals surface area contributed by atoms with E-state index in [1.807, 2.05) is 30.3 Å². The number of fused-ring (bicyclic) bond motifs is 1. The molecule has 0 aliphatic heterocycles. The third-order valence-electron chi connectivity index (χ3n) is 4.31. The number of hydrogen-bond acceptors (Lipinski definition) is 3. The largest absolute Gasteiger partial charge is 0.487 e. The predicted octanol–water partition coefficient (Wildman–Crippen LogP) is 6.46. The summed E-state index contributed by atoms with van der Waals surface area (Å²) in [4.78, 5) is 4.70. The molecule has 0 fully saturated rings. The molecular formula is C22H15ClFIN2O. The van der Waals surface area contributed by atoms with Gasteiger partial charge in [-0.3, -0.25) is 0 Å². The van der Waals surface area contributed by atoms with E-state index in [1.54, 1.807) is 24.3 Å². The van der Waals surface area contributed by atoms with Crippen LogP contribution < -0.4 is 10.5 Å². The van der Waals surface area contributed by atoms with Crippen molar-refractivity contribution in [3.8, 4) is 17.0 Å². The van der Waals surface area contributed by atoms with Crippen molar-refractivity contribution in [2.75, 3.05) is 5.73 Å². The molecule has 28 heavy (non-hydrogen) atoms. The van der Waals surface area contributed by atoms with Crippen molar-refractivity contribution >= 4 is 50.8 Å². The Kier molecular flexibility index (Phi) is 5.37. The quantitative estimate of drug-likeness (QED) is 0.325. The number of ether oxygens (including phenoxy) is 1. The highest BCUT2D eigenvalue weighted by atomic mass is 127. The third kappa shape index (κ3) is 4.05. The van der Waals surface area contributed by atoms with Crippen LogP contribution in [0.3, 0.4) is 0 Å². The number of benzene rings is 3. The molecular weight excluding hydrogens is 490 g/mol. The summed E-state index contributed by atoms with van der Waals surface area (Å²) in [5.41, 5.74) is 10.0. The van der Waals surface area contributed by atoms with Crippen LogP contribution in [-0.2, 0) is 6.61 Å². The lowest BCUT2D eigenvalue weighted by Gasteiger charge is -2.11. The number of nitrogens with zero attached hydrogens (tertiary/aromatic N) is 1. The standard InChI is InChI=1S/C22H15ClFIN2O/c23-18-9-14(4-7-22(18)28-12-13-2-1-3-15(24)8-13)21-11-19(26)17-10-16(25)5-6-20(17)27-21/h1-11H,12H2,(H2,26,27). The Labute approximate surface area is 180 Å². The van der Waals surface area contributed by atoms with Gasteiger partial charge in [-0.1, -0.05) is 23.7 Å². The van der Waals surface area contributed by atoms with Crippen molar-refractivity contribution in [1.82, 2.24) is 4.98 Å². The lowest BCUT2D eigenvalue weighted by atomic mass is 10.1. The molecule has 1 aromatic heterocycles. The number of pyridine rings is 1. The Hall–Kier alpha value is -2.38. The summed E-state index contributed by atoms with van der Waals surface area (Å²) in [6, 6.07) is 19.5. The molecule has 4 rings (SSSR count). The molecule has 0 aliphatic carbocycles. The average Bonchev–Trinajstić information content (AvgIpc) is 2.67. The zero-order valence-electron chi connectivity index (χ0n) is 14.6. The van der Waals surface area contributed by atoms with Gasteiger partial charge in [-0.2, -0.15) is 0 Å². The molecule has 4 aromatic rings. The molecule has 0 spiro atoms. The summed E-state index contributed by atoms with van der Waals surface area (Å²) in [6.45, 7) is 0.233. The van der Waals surface area contributed by atoms with Gasteiger partial charge in [0.05, 0.1) is 16.2 Å². The fourth-order valence-corrected chi connectivity index (χ4v) is 3.66. The molecule has 3 nitrogen and oxygen atoms in total. The minimum absolute atomic E-state index is 0.233. The number of aromatic nitrogens is 1. The highest BCUT2D eigenvalue weighted by molar-refractivity contribution is 14.1. The molecule has 0 atom stereocenters. The van der Waals surface area contributed by atoms with Gasteiger partial charge >= 0.3 is 0 Å². The van der Waals surface area contributed by atoms with Gasteiger partial charge in [0.15, 0.2) is 0 Å². The minimum atomic E-state index is -0.294. The van der Waals surface area contributed by atoms with E-state index in [2.05, 4.69) is 22.6 Å². The Bertz CT molecular complexity index is 1180. The smallest absolute Gasteiger partial charge is 0.138 e. The molecule has 0 aliphatic rings. The van der Waals surface area contributed by atoms with E-state index in [4.69, 9.17) is 27.1 Å². The van der Waals surface area contributed by atoms with E-state index in [1.165, 1.54) is 12.1 Å². The van der Waals surface area contributed by atoms with Crippen LogP contribution in [-0.4, -0.2) is 4.98 Å². The monoisotopic (exact) mass is 504 g/mol. The molecule has 0 amide bonds. The zero-order valence-corrected chi connectivity index (χ0v) is 17.5. The van der Waals surface area contributed by atoms with Crippen molar-refractivity contribution in [3.05, 3.63) is 86.7 Å².